The van der Waals surface area contributed by atoms with Crippen molar-refractivity contribution in [1.82, 2.24) is 0 Å². The van der Waals surface area contributed by atoms with Crippen molar-refractivity contribution in [2.24, 2.45) is 20.0 Å². The van der Waals surface area contributed by atoms with Gasteiger partial charge in [-0.05, 0) is 96.2 Å². The van der Waals surface area contributed by atoms with Crippen molar-refractivity contribution < 1.29 is 9.47 Å². The highest BCUT2D eigenvalue weighted by atomic mass is 16.5. The molecule has 0 aliphatic carbocycles. The second-order valence-corrected chi connectivity index (χ2v) is 9.52. The molecule has 0 spiro atoms. The Morgan fingerprint density at radius 3 is 1.43 bits per heavy atom. The average Bonchev–Trinajstić information content (AvgIpc) is 3.80. The number of fused-ring (bicyclic) bond motifs is 4. The second kappa shape index (κ2) is 9.75. The number of aliphatic imine (C=N–C) groups is 4. The Morgan fingerprint density at radius 1 is 0.500 bits per heavy atom. The van der Waals surface area contributed by atoms with Crippen LogP contribution in [0, 0.1) is 0 Å². The molecule has 8 bridgehead atoms. The maximum absolute atomic E-state index is 5.51. The summed E-state index contributed by atoms with van der Waals surface area (Å²) < 4.78 is 11.0. The third-order valence-corrected chi connectivity index (χ3v) is 6.98. The Kier molecular flexibility index (Phi) is 5.78. The summed E-state index contributed by atoms with van der Waals surface area (Å²) in [4.78, 5) is 19.9. The third-order valence-electron chi connectivity index (χ3n) is 6.98. The zero-order valence-electron chi connectivity index (χ0n) is 22.0. The van der Waals surface area contributed by atoms with Crippen LogP contribution in [-0.2, 0) is 0 Å². The van der Waals surface area contributed by atoms with Gasteiger partial charge < -0.3 is 9.47 Å². The molecule has 0 aromatic heterocycles. The van der Waals surface area contributed by atoms with E-state index in [0.29, 0.717) is 0 Å². The monoisotopic (exact) mass is 520 g/mol. The van der Waals surface area contributed by atoms with Crippen LogP contribution in [0.25, 0.3) is 11.1 Å². The van der Waals surface area contributed by atoms with Gasteiger partial charge in [0.05, 0.1) is 59.9 Å². The van der Waals surface area contributed by atoms with E-state index in [1.165, 1.54) is 0 Å². The van der Waals surface area contributed by atoms with E-state index < -0.39 is 0 Å². The van der Waals surface area contributed by atoms with E-state index in [-0.39, 0.29) is 0 Å². The lowest BCUT2D eigenvalue weighted by atomic mass is 9.98. The molecule has 7 rings (SSSR count). The van der Waals surface area contributed by atoms with Gasteiger partial charge in [0.2, 0.25) is 0 Å². The van der Waals surface area contributed by atoms with Crippen LogP contribution in [0.1, 0.15) is 11.1 Å². The number of methoxy groups -OCH3 is 2. The van der Waals surface area contributed by atoms with Crippen LogP contribution >= 0.6 is 0 Å². The number of hydrogen-bond acceptors (Lipinski definition) is 6. The summed E-state index contributed by atoms with van der Waals surface area (Å²) in [5, 5.41) is 0. The number of benzene rings is 2. The Labute approximate surface area is 232 Å². The summed E-state index contributed by atoms with van der Waals surface area (Å²) in [7, 11) is 3.34. The minimum Gasteiger partial charge on any atom is -0.497 e. The van der Waals surface area contributed by atoms with Crippen molar-refractivity contribution in [3.8, 4) is 11.5 Å². The fraction of sp³-hybridized carbons (Fsp3) is 0.0588. The van der Waals surface area contributed by atoms with E-state index in [1.807, 2.05) is 97.2 Å². The second-order valence-electron chi connectivity index (χ2n) is 9.52. The van der Waals surface area contributed by atoms with E-state index in [4.69, 9.17) is 29.4 Å². The number of ether oxygens (including phenoxy) is 2. The largest absolute Gasteiger partial charge is 0.497 e. The van der Waals surface area contributed by atoms with Crippen LogP contribution in [0.2, 0.25) is 0 Å². The van der Waals surface area contributed by atoms with Gasteiger partial charge in [-0.25, -0.2) is 20.0 Å². The molecule has 5 aliphatic rings. The Morgan fingerprint density at radius 2 is 0.975 bits per heavy atom. The van der Waals surface area contributed by atoms with E-state index in [0.717, 1.165) is 79.4 Å². The van der Waals surface area contributed by atoms with Crippen molar-refractivity contribution in [1.29, 1.82) is 0 Å². The Bertz CT molecular complexity index is 1710. The standard InChI is InChI=1S/C34H24N4O2/c1-39-27-7-3-5-21(17-27)33-29-13-9-23(35-29)19-25-11-15-31(37-25)34(22-6-4-8-28(18-22)40-2)32-16-12-26(38-32)20-24-10-14-30(33)36-24/h3-20H,1-2H3. The molecule has 6 nitrogen and oxygen atoms in total. The zero-order valence-corrected chi connectivity index (χ0v) is 22.0. The molecule has 0 amide bonds. The number of allylic oxidation sites excluding steroid dienone is 12. The van der Waals surface area contributed by atoms with Gasteiger partial charge in [-0.3, -0.25) is 0 Å². The number of nitrogens with zero attached hydrogens (tertiary/aromatic N) is 4. The predicted octanol–water partition coefficient (Wildman–Crippen LogP) is 6.65. The van der Waals surface area contributed by atoms with Gasteiger partial charge in [0.1, 0.15) is 11.5 Å². The lowest BCUT2D eigenvalue weighted by Gasteiger charge is -2.10. The van der Waals surface area contributed by atoms with E-state index >= 15 is 0 Å². The normalized spacial score (nSPS) is 18.6. The van der Waals surface area contributed by atoms with Gasteiger partial charge in [-0.2, -0.15) is 0 Å². The van der Waals surface area contributed by atoms with Crippen LogP contribution in [0.4, 0.5) is 0 Å². The van der Waals surface area contributed by atoms with Gasteiger partial charge >= 0.3 is 0 Å². The van der Waals surface area contributed by atoms with Crippen LogP contribution in [0.3, 0.4) is 0 Å². The zero-order chi connectivity index (χ0) is 27.1. The molecule has 5 aliphatic heterocycles. The molecule has 2 aromatic rings. The molecule has 5 heterocycles. The van der Waals surface area contributed by atoms with Gasteiger partial charge in [0, 0.05) is 11.1 Å². The van der Waals surface area contributed by atoms with Crippen molar-refractivity contribution >= 4 is 34.0 Å². The van der Waals surface area contributed by atoms with Crippen LogP contribution in [0.5, 0.6) is 11.5 Å². The lowest BCUT2D eigenvalue weighted by molar-refractivity contribution is 0.414. The quantitative estimate of drug-likeness (QED) is 0.453. The van der Waals surface area contributed by atoms with E-state index in [9.17, 15) is 0 Å². The molecule has 0 fully saturated rings. The summed E-state index contributed by atoms with van der Waals surface area (Å²) in [6.45, 7) is 0. The highest BCUT2D eigenvalue weighted by molar-refractivity contribution is 6.34. The molecular formula is C34H24N4O2. The molecule has 192 valence electrons. The van der Waals surface area contributed by atoms with Crippen LogP contribution in [0.15, 0.2) is 152 Å². The average molecular weight is 521 g/mol. The summed E-state index contributed by atoms with van der Waals surface area (Å²) in [6.07, 6.45) is 20.1. The fourth-order valence-electron chi connectivity index (χ4n) is 5.10. The topological polar surface area (TPSA) is 67.9 Å². The Balaban J connectivity index is 1.43. The number of hydrogen-bond donors (Lipinski definition) is 0. The third kappa shape index (κ3) is 4.35. The van der Waals surface area contributed by atoms with Crippen molar-refractivity contribution in [2.75, 3.05) is 14.2 Å². The summed E-state index contributed by atoms with van der Waals surface area (Å²) in [5.41, 5.74) is 10.5. The first-order chi connectivity index (χ1) is 19.7. The summed E-state index contributed by atoms with van der Waals surface area (Å²) in [6, 6.07) is 16.0. The first kappa shape index (κ1) is 23.7. The predicted molar refractivity (Wildman–Crippen MR) is 162 cm³/mol. The molecule has 2 aromatic carbocycles. The smallest absolute Gasteiger partial charge is 0.119 e. The van der Waals surface area contributed by atoms with E-state index in [1.54, 1.807) is 14.2 Å². The van der Waals surface area contributed by atoms with Gasteiger partial charge in [0.15, 0.2) is 0 Å². The minimum absolute atomic E-state index is 0.777. The molecule has 0 N–H and O–H groups in total. The SMILES string of the molecule is COc1cccc(C2=C3C=CC(=N3)C=C3C=CC(=N3)C(c3cccc(OC)c3)=C3C=CC(=N3)C=C3C=CC2=N3)c1. The first-order valence-electron chi connectivity index (χ1n) is 13.0. The molecule has 0 unspecified atom stereocenters. The summed E-state index contributed by atoms with van der Waals surface area (Å²) in [5.74, 6) is 1.55. The molecular weight excluding hydrogens is 496 g/mol. The lowest BCUT2D eigenvalue weighted by Crippen LogP contribution is -2.01. The minimum atomic E-state index is 0.777. The molecule has 40 heavy (non-hydrogen) atoms. The molecule has 0 radical (unpaired) electrons. The van der Waals surface area contributed by atoms with Crippen molar-refractivity contribution in [3.05, 3.63) is 143 Å². The molecule has 0 saturated heterocycles. The highest BCUT2D eigenvalue weighted by Gasteiger charge is 2.22. The van der Waals surface area contributed by atoms with Gasteiger partial charge in [-0.1, -0.05) is 24.3 Å². The fourth-order valence-corrected chi connectivity index (χ4v) is 5.10. The molecule has 0 saturated carbocycles. The number of rotatable bonds is 4. The highest BCUT2D eigenvalue weighted by Crippen LogP contribution is 2.34. The molecule has 6 heteroatoms. The first-order valence-corrected chi connectivity index (χ1v) is 13.0. The van der Waals surface area contributed by atoms with E-state index in [2.05, 4.69) is 12.1 Å². The summed E-state index contributed by atoms with van der Waals surface area (Å²) >= 11 is 0. The van der Waals surface area contributed by atoms with Crippen LogP contribution < -0.4 is 9.47 Å². The van der Waals surface area contributed by atoms with Gasteiger partial charge in [-0.15, -0.1) is 0 Å². The Hall–Kier alpha value is -5.36. The van der Waals surface area contributed by atoms with Gasteiger partial charge in [0.25, 0.3) is 0 Å². The van der Waals surface area contributed by atoms with Crippen LogP contribution in [-0.4, -0.2) is 37.1 Å². The van der Waals surface area contributed by atoms with Crippen molar-refractivity contribution in [2.45, 2.75) is 0 Å². The maximum Gasteiger partial charge on any atom is 0.119 e. The molecule has 0 atom stereocenters. The maximum atomic E-state index is 5.51. The van der Waals surface area contributed by atoms with Crippen molar-refractivity contribution in [3.63, 3.8) is 0 Å².